The predicted molar refractivity (Wildman–Crippen MR) is 60.0 cm³/mol. The average molecular weight is 198 g/mol. The molecule has 0 fully saturated rings. The second kappa shape index (κ2) is 8.75. The summed E-state index contributed by atoms with van der Waals surface area (Å²) in [5.74, 6) is 0.152. The molecule has 0 heterocycles. The fourth-order valence-corrected chi connectivity index (χ4v) is 1.05. The third-order valence-corrected chi connectivity index (χ3v) is 1.85. The van der Waals surface area contributed by atoms with Gasteiger partial charge in [0, 0.05) is 6.42 Å². The van der Waals surface area contributed by atoms with Gasteiger partial charge in [0.05, 0.1) is 6.67 Å². The summed E-state index contributed by atoms with van der Waals surface area (Å²) in [5, 5.41) is 2.84. The van der Waals surface area contributed by atoms with E-state index in [1.165, 1.54) is 0 Å². The number of carbonyl (C=O) groups is 1. The Balaban J connectivity index is 3.27. The Bertz CT molecular complexity index is 176. The second-order valence-corrected chi connectivity index (χ2v) is 3.65. The van der Waals surface area contributed by atoms with E-state index in [0.29, 0.717) is 13.1 Å². The van der Waals surface area contributed by atoms with Crippen LogP contribution >= 0.6 is 0 Å². The van der Waals surface area contributed by atoms with Crippen molar-refractivity contribution in [1.29, 1.82) is 0 Å². The summed E-state index contributed by atoms with van der Waals surface area (Å²) in [6, 6.07) is 0. The lowest BCUT2D eigenvalue weighted by Crippen LogP contribution is -2.32. The first-order chi connectivity index (χ1) is 6.66. The molecule has 0 aliphatic carbocycles. The van der Waals surface area contributed by atoms with Gasteiger partial charge in [-0.15, -0.1) is 0 Å². The molecule has 1 amide bonds. The molecule has 0 atom stereocenters. The van der Waals surface area contributed by atoms with Crippen LogP contribution in [0.3, 0.4) is 0 Å². The topological polar surface area (TPSA) is 32.3 Å². The van der Waals surface area contributed by atoms with Gasteiger partial charge in [0.25, 0.3) is 0 Å². The molecule has 0 spiro atoms. The fourth-order valence-electron chi connectivity index (χ4n) is 1.05. The number of allylic oxidation sites excluding steroid dienone is 2. The minimum absolute atomic E-state index is 0.152. The molecule has 0 bridgehead atoms. The van der Waals surface area contributed by atoms with Crippen LogP contribution in [0.15, 0.2) is 12.2 Å². The monoisotopic (exact) mass is 198 g/mol. The normalized spacial score (nSPS) is 11.1. The molecule has 3 nitrogen and oxygen atoms in total. The average Bonchev–Trinajstić information content (AvgIpc) is 2.14. The van der Waals surface area contributed by atoms with Gasteiger partial charge in [-0.25, -0.2) is 0 Å². The third-order valence-electron chi connectivity index (χ3n) is 1.85. The summed E-state index contributed by atoms with van der Waals surface area (Å²) >= 11 is 0. The number of nitrogens with zero attached hydrogens (tertiary/aromatic N) is 1. The Hall–Kier alpha value is -0.830. The summed E-state index contributed by atoms with van der Waals surface area (Å²) in [6.07, 6.45) is 7.98. The van der Waals surface area contributed by atoms with E-state index >= 15 is 0 Å². The SMILES string of the molecule is C/C=C/CCCCC(=O)NCN(C)C. The number of rotatable bonds is 7. The summed E-state index contributed by atoms with van der Waals surface area (Å²) in [5.41, 5.74) is 0. The lowest BCUT2D eigenvalue weighted by Gasteiger charge is -2.10. The molecule has 1 N–H and O–H groups in total. The van der Waals surface area contributed by atoms with E-state index in [-0.39, 0.29) is 5.91 Å². The molecule has 14 heavy (non-hydrogen) atoms. The van der Waals surface area contributed by atoms with Crippen LogP contribution < -0.4 is 5.32 Å². The number of hydrogen-bond donors (Lipinski definition) is 1. The van der Waals surface area contributed by atoms with Gasteiger partial charge in [0.2, 0.25) is 5.91 Å². The van der Waals surface area contributed by atoms with E-state index in [1.807, 2.05) is 32.0 Å². The number of amides is 1. The summed E-state index contributed by atoms with van der Waals surface area (Å²) < 4.78 is 0. The third kappa shape index (κ3) is 9.26. The molecule has 3 heteroatoms. The first-order valence-electron chi connectivity index (χ1n) is 5.19. The maximum atomic E-state index is 11.2. The van der Waals surface area contributed by atoms with Crippen LogP contribution in [0.25, 0.3) is 0 Å². The molecule has 0 saturated heterocycles. The van der Waals surface area contributed by atoms with Crippen molar-refractivity contribution in [1.82, 2.24) is 10.2 Å². The van der Waals surface area contributed by atoms with Crippen molar-refractivity contribution < 1.29 is 4.79 Å². The zero-order chi connectivity index (χ0) is 10.8. The van der Waals surface area contributed by atoms with Crippen molar-refractivity contribution in [3.05, 3.63) is 12.2 Å². The summed E-state index contributed by atoms with van der Waals surface area (Å²) in [6.45, 7) is 2.65. The van der Waals surface area contributed by atoms with E-state index in [0.717, 1.165) is 19.3 Å². The lowest BCUT2D eigenvalue weighted by molar-refractivity contribution is -0.121. The zero-order valence-corrected chi connectivity index (χ0v) is 9.55. The van der Waals surface area contributed by atoms with Gasteiger partial charge in [-0.3, -0.25) is 9.69 Å². The Labute approximate surface area is 87.2 Å². The summed E-state index contributed by atoms with van der Waals surface area (Å²) in [4.78, 5) is 13.2. The molecule has 82 valence electrons. The van der Waals surface area contributed by atoms with Crippen molar-refractivity contribution in [3.63, 3.8) is 0 Å². The van der Waals surface area contributed by atoms with Gasteiger partial charge in [-0.2, -0.15) is 0 Å². The smallest absolute Gasteiger partial charge is 0.220 e. The van der Waals surface area contributed by atoms with Crippen LogP contribution in [0, 0.1) is 0 Å². The molecule has 0 radical (unpaired) electrons. The number of hydrogen-bond acceptors (Lipinski definition) is 2. The minimum Gasteiger partial charge on any atom is -0.343 e. The first-order valence-corrected chi connectivity index (χ1v) is 5.19. The lowest BCUT2D eigenvalue weighted by atomic mass is 10.2. The Morgan fingerprint density at radius 2 is 2.07 bits per heavy atom. The van der Waals surface area contributed by atoms with Crippen molar-refractivity contribution in [2.45, 2.75) is 32.6 Å². The van der Waals surface area contributed by atoms with Crippen molar-refractivity contribution >= 4 is 5.91 Å². The fraction of sp³-hybridized carbons (Fsp3) is 0.727. The van der Waals surface area contributed by atoms with Gasteiger partial charge in [0.1, 0.15) is 0 Å². The van der Waals surface area contributed by atoms with Crippen LogP contribution in [0.4, 0.5) is 0 Å². The highest BCUT2D eigenvalue weighted by atomic mass is 16.1. The van der Waals surface area contributed by atoms with E-state index in [2.05, 4.69) is 11.4 Å². The van der Waals surface area contributed by atoms with E-state index in [4.69, 9.17) is 0 Å². The predicted octanol–water partition coefficient (Wildman–Crippen LogP) is 1.76. The quantitative estimate of drug-likeness (QED) is 0.384. The second-order valence-electron chi connectivity index (χ2n) is 3.65. The molecule has 0 aromatic heterocycles. The maximum absolute atomic E-state index is 11.2. The van der Waals surface area contributed by atoms with Crippen molar-refractivity contribution in [3.8, 4) is 0 Å². The maximum Gasteiger partial charge on any atom is 0.220 e. The zero-order valence-electron chi connectivity index (χ0n) is 9.55. The van der Waals surface area contributed by atoms with Crippen LogP contribution in [-0.4, -0.2) is 31.6 Å². The first kappa shape index (κ1) is 13.2. The molecule has 0 aromatic carbocycles. The minimum atomic E-state index is 0.152. The number of carbonyl (C=O) groups excluding carboxylic acids is 1. The summed E-state index contributed by atoms with van der Waals surface area (Å²) in [7, 11) is 3.87. The molecule has 0 aliphatic rings. The van der Waals surface area contributed by atoms with Crippen LogP contribution in [0.5, 0.6) is 0 Å². The largest absolute Gasteiger partial charge is 0.343 e. The highest BCUT2D eigenvalue weighted by Gasteiger charge is 1.99. The van der Waals surface area contributed by atoms with E-state index in [9.17, 15) is 4.79 Å². The molecular formula is C11H22N2O. The molecule has 0 rings (SSSR count). The molecule has 0 aromatic rings. The van der Waals surface area contributed by atoms with Crippen LogP contribution in [-0.2, 0) is 4.79 Å². The van der Waals surface area contributed by atoms with Crippen molar-refractivity contribution in [2.24, 2.45) is 0 Å². The Morgan fingerprint density at radius 3 is 2.64 bits per heavy atom. The molecular weight excluding hydrogens is 176 g/mol. The van der Waals surface area contributed by atoms with Crippen molar-refractivity contribution in [2.75, 3.05) is 20.8 Å². The van der Waals surface area contributed by atoms with E-state index < -0.39 is 0 Å². The Morgan fingerprint density at radius 1 is 1.36 bits per heavy atom. The molecule has 0 saturated carbocycles. The van der Waals surface area contributed by atoms with Gasteiger partial charge in [-0.05, 0) is 40.3 Å². The Kier molecular flexibility index (Phi) is 8.24. The van der Waals surface area contributed by atoms with Gasteiger partial charge >= 0.3 is 0 Å². The van der Waals surface area contributed by atoms with Crippen LogP contribution in [0.2, 0.25) is 0 Å². The van der Waals surface area contributed by atoms with Gasteiger partial charge in [-0.1, -0.05) is 12.2 Å². The van der Waals surface area contributed by atoms with E-state index in [1.54, 1.807) is 0 Å². The number of unbranched alkanes of at least 4 members (excludes halogenated alkanes) is 2. The van der Waals surface area contributed by atoms with Gasteiger partial charge in [0.15, 0.2) is 0 Å². The van der Waals surface area contributed by atoms with Crippen LogP contribution in [0.1, 0.15) is 32.6 Å². The van der Waals surface area contributed by atoms with Gasteiger partial charge < -0.3 is 5.32 Å². The molecule has 0 unspecified atom stereocenters. The highest BCUT2D eigenvalue weighted by molar-refractivity contribution is 5.75. The number of nitrogens with one attached hydrogen (secondary N) is 1. The standard InChI is InChI=1S/C11H22N2O/c1-4-5-6-7-8-9-11(14)12-10-13(2)3/h4-5H,6-10H2,1-3H3,(H,12,14)/b5-4+. The highest BCUT2D eigenvalue weighted by Crippen LogP contribution is 2.00. The molecule has 0 aliphatic heterocycles.